The van der Waals surface area contributed by atoms with Crippen LogP contribution in [0.5, 0.6) is 0 Å². The standard InChI is InChI=1S/C25H26IO2P/c26-29(22-14-6-3-7-15-22,23-16-8-4-9-17-23,24-18-10-5-11-19-24)21-13-2-1-12-20-25(27)28/h1-11,14-19H,12-13,20-21H2,(H,27,28)/b2-1-. The zero-order chi connectivity index (χ0) is 20.6. The molecule has 1 N–H and O–H groups in total. The van der Waals surface area contributed by atoms with E-state index in [0.29, 0.717) is 6.42 Å². The SMILES string of the molecule is O=C(O)CC/C=C\CCP(I)(c1ccccc1)(c1ccccc1)c1ccccc1. The summed E-state index contributed by atoms with van der Waals surface area (Å²) < 4.78 is -2.72. The quantitative estimate of drug-likeness (QED) is 0.226. The predicted octanol–water partition coefficient (Wildman–Crippen LogP) is 5.68. The first-order valence-electron chi connectivity index (χ1n) is 9.82. The molecule has 0 aliphatic heterocycles. The van der Waals surface area contributed by atoms with Crippen molar-refractivity contribution in [2.45, 2.75) is 19.3 Å². The summed E-state index contributed by atoms with van der Waals surface area (Å²) in [6.07, 6.45) is 6.81. The molecule has 0 amide bonds. The zero-order valence-corrected chi connectivity index (χ0v) is 19.4. The zero-order valence-electron chi connectivity index (χ0n) is 16.3. The maximum absolute atomic E-state index is 10.8. The predicted molar refractivity (Wildman–Crippen MR) is 135 cm³/mol. The fourth-order valence-electron chi connectivity index (χ4n) is 3.81. The summed E-state index contributed by atoms with van der Waals surface area (Å²) in [6, 6.07) is 32.6. The molecule has 0 spiro atoms. The van der Waals surface area contributed by atoms with Crippen molar-refractivity contribution in [2.24, 2.45) is 0 Å². The van der Waals surface area contributed by atoms with Crippen molar-refractivity contribution in [1.29, 1.82) is 0 Å². The number of carboxylic acid groups (broad SMARTS) is 1. The van der Waals surface area contributed by atoms with Gasteiger partial charge in [0, 0.05) is 0 Å². The van der Waals surface area contributed by atoms with Crippen molar-refractivity contribution in [3.8, 4) is 0 Å². The van der Waals surface area contributed by atoms with E-state index in [2.05, 4.69) is 119 Å². The van der Waals surface area contributed by atoms with Crippen LogP contribution in [0.1, 0.15) is 19.3 Å². The van der Waals surface area contributed by atoms with Crippen LogP contribution in [0.4, 0.5) is 0 Å². The fourth-order valence-corrected chi connectivity index (χ4v) is 12.2. The van der Waals surface area contributed by atoms with Crippen LogP contribution in [-0.2, 0) is 4.79 Å². The summed E-state index contributed by atoms with van der Waals surface area (Å²) >= 11 is 2.78. The van der Waals surface area contributed by atoms with Gasteiger partial charge >= 0.3 is 187 Å². The molecule has 0 atom stereocenters. The van der Waals surface area contributed by atoms with E-state index in [1.165, 1.54) is 15.9 Å². The van der Waals surface area contributed by atoms with Gasteiger partial charge in [-0.15, -0.1) is 0 Å². The van der Waals surface area contributed by atoms with Crippen molar-refractivity contribution in [3.63, 3.8) is 0 Å². The molecule has 2 nitrogen and oxygen atoms in total. The normalized spacial score (nSPS) is 13.1. The van der Waals surface area contributed by atoms with E-state index in [1.54, 1.807) is 0 Å². The van der Waals surface area contributed by atoms with Gasteiger partial charge in [0.05, 0.1) is 0 Å². The van der Waals surface area contributed by atoms with Gasteiger partial charge in [0.1, 0.15) is 0 Å². The van der Waals surface area contributed by atoms with E-state index in [0.717, 1.165) is 12.6 Å². The number of allylic oxidation sites excluding steroid dienone is 2. The van der Waals surface area contributed by atoms with Gasteiger partial charge in [-0.1, -0.05) is 0 Å². The van der Waals surface area contributed by atoms with E-state index < -0.39 is 10.2 Å². The van der Waals surface area contributed by atoms with Crippen LogP contribution < -0.4 is 15.9 Å². The Kier molecular flexibility index (Phi) is 7.26. The summed E-state index contributed by atoms with van der Waals surface area (Å²) in [4.78, 5) is 10.8. The molecule has 0 saturated carbocycles. The summed E-state index contributed by atoms with van der Waals surface area (Å²) in [7, 11) is 0. The Morgan fingerprint density at radius 2 is 1.10 bits per heavy atom. The summed E-state index contributed by atoms with van der Waals surface area (Å²) in [5, 5.41) is 13.0. The maximum atomic E-state index is 10.8. The molecule has 0 fully saturated rings. The summed E-state index contributed by atoms with van der Waals surface area (Å²) in [5.74, 6) is -0.749. The molecule has 0 unspecified atom stereocenters. The number of carbonyl (C=O) groups is 1. The molecule has 3 aromatic rings. The van der Waals surface area contributed by atoms with Gasteiger partial charge in [-0.3, -0.25) is 0 Å². The van der Waals surface area contributed by atoms with Crippen molar-refractivity contribution in [2.75, 3.05) is 6.16 Å². The van der Waals surface area contributed by atoms with Crippen LogP contribution in [0.3, 0.4) is 0 Å². The van der Waals surface area contributed by atoms with Crippen LogP contribution in [0, 0.1) is 0 Å². The first kappa shape index (κ1) is 21.7. The number of hydrogen-bond donors (Lipinski definition) is 1. The molecule has 0 radical (unpaired) electrons. The number of carboxylic acids is 1. The van der Waals surface area contributed by atoms with Gasteiger partial charge in [-0.2, -0.15) is 0 Å². The number of rotatable bonds is 9. The van der Waals surface area contributed by atoms with Crippen LogP contribution >= 0.6 is 26.3 Å². The molecular formula is C25H26IO2P. The molecule has 0 heterocycles. The Hall–Kier alpha value is -1.97. The Labute approximate surface area is 186 Å². The molecule has 0 aliphatic carbocycles. The number of hydrogen-bond acceptors (Lipinski definition) is 1. The van der Waals surface area contributed by atoms with Crippen LogP contribution in [0.2, 0.25) is 0 Å². The van der Waals surface area contributed by atoms with E-state index in [4.69, 9.17) is 5.11 Å². The number of aliphatic carboxylic acids is 1. The van der Waals surface area contributed by atoms with E-state index in [-0.39, 0.29) is 6.42 Å². The van der Waals surface area contributed by atoms with Crippen LogP contribution in [0.25, 0.3) is 0 Å². The number of halogens is 1. The summed E-state index contributed by atoms with van der Waals surface area (Å²) in [5.41, 5.74) is 0. The summed E-state index contributed by atoms with van der Waals surface area (Å²) in [6.45, 7) is 0. The topological polar surface area (TPSA) is 37.3 Å². The molecule has 0 saturated heterocycles. The second-order valence-corrected chi connectivity index (χ2v) is 17.9. The second-order valence-electron chi connectivity index (χ2n) is 7.11. The minimum atomic E-state index is -2.72. The first-order valence-corrected chi connectivity index (χ1v) is 15.0. The third-order valence-corrected chi connectivity index (χ3v) is 17.0. The van der Waals surface area contributed by atoms with Gasteiger partial charge in [-0.25, -0.2) is 0 Å². The van der Waals surface area contributed by atoms with E-state index in [1.807, 2.05) is 6.08 Å². The Morgan fingerprint density at radius 1 is 0.724 bits per heavy atom. The monoisotopic (exact) mass is 516 g/mol. The minimum absolute atomic E-state index is 0.181. The van der Waals surface area contributed by atoms with Crippen molar-refractivity contribution in [1.82, 2.24) is 0 Å². The molecule has 3 rings (SSSR count). The molecule has 4 heteroatoms. The molecule has 0 bridgehead atoms. The molecule has 0 aromatic heterocycles. The third kappa shape index (κ3) is 4.62. The molecule has 29 heavy (non-hydrogen) atoms. The third-order valence-electron chi connectivity index (χ3n) is 5.29. The average molecular weight is 516 g/mol. The van der Waals surface area contributed by atoms with Gasteiger partial charge in [0.15, 0.2) is 0 Å². The molecule has 150 valence electrons. The van der Waals surface area contributed by atoms with E-state index >= 15 is 0 Å². The van der Waals surface area contributed by atoms with Gasteiger partial charge in [-0.05, 0) is 0 Å². The van der Waals surface area contributed by atoms with Gasteiger partial charge in [0.2, 0.25) is 0 Å². The van der Waals surface area contributed by atoms with Crippen molar-refractivity contribution >= 4 is 48.2 Å². The van der Waals surface area contributed by atoms with E-state index in [9.17, 15) is 4.79 Å². The van der Waals surface area contributed by atoms with Crippen LogP contribution in [0.15, 0.2) is 103 Å². The first-order chi connectivity index (χ1) is 14.1. The van der Waals surface area contributed by atoms with Crippen molar-refractivity contribution < 1.29 is 9.90 Å². The Morgan fingerprint density at radius 3 is 1.48 bits per heavy atom. The van der Waals surface area contributed by atoms with Gasteiger partial charge < -0.3 is 0 Å². The fraction of sp³-hybridized carbons (Fsp3) is 0.160. The average Bonchev–Trinajstić information content (AvgIpc) is 2.78. The Bertz CT molecular complexity index is 856. The van der Waals surface area contributed by atoms with Crippen molar-refractivity contribution in [3.05, 3.63) is 103 Å². The van der Waals surface area contributed by atoms with Gasteiger partial charge in [0.25, 0.3) is 0 Å². The Balaban J connectivity index is 2.10. The molecular weight excluding hydrogens is 490 g/mol. The number of benzene rings is 3. The molecule has 0 aliphatic rings. The molecule has 3 aromatic carbocycles. The van der Waals surface area contributed by atoms with Crippen LogP contribution in [-0.4, -0.2) is 17.2 Å². The second kappa shape index (κ2) is 9.69.